The van der Waals surface area contributed by atoms with E-state index in [1.165, 1.54) is 135 Å². The lowest BCUT2D eigenvalue weighted by atomic mass is 10.0. The molecule has 0 saturated heterocycles. The molecule has 3 unspecified atom stereocenters. The lowest BCUT2D eigenvalue weighted by Gasteiger charge is -2.27. The summed E-state index contributed by atoms with van der Waals surface area (Å²) in [5, 5.41) is 3.07. The predicted molar refractivity (Wildman–Crippen MR) is 396 cm³/mol. The maximum Gasteiger partial charge on any atom is 0.472 e. The molecular weight excluding hydrogens is 1140 g/mol. The molecule has 0 fully saturated rings. The number of nitrogens with zero attached hydrogens (tertiary/aromatic N) is 1. The van der Waals surface area contributed by atoms with E-state index in [-0.39, 0.29) is 31.5 Å². The van der Waals surface area contributed by atoms with Crippen molar-refractivity contribution in [2.24, 2.45) is 0 Å². The lowest BCUT2D eigenvalue weighted by Crippen LogP contribution is -2.47. The van der Waals surface area contributed by atoms with Gasteiger partial charge in [0.05, 0.1) is 33.8 Å². The zero-order chi connectivity index (χ0) is 66.3. The van der Waals surface area contributed by atoms with Crippen molar-refractivity contribution in [1.82, 2.24) is 5.32 Å². The largest absolute Gasteiger partial charge is 0.472 e. The van der Waals surface area contributed by atoms with Gasteiger partial charge in [-0.2, -0.15) is 0 Å². The highest BCUT2D eigenvalue weighted by Gasteiger charge is 2.30. The molecule has 3 atom stereocenters. The van der Waals surface area contributed by atoms with E-state index >= 15 is 0 Å². The number of nitrogens with one attached hydrogen (secondary N) is 1. The Kier molecular flexibility index (Phi) is 66.1. The van der Waals surface area contributed by atoms with Gasteiger partial charge in [-0.15, -0.1) is 0 Å². The number of phosphoric ester groups is 1. The third kappa shape index (κ3) is 70.3. The van der Waals surface area contributed by atoms with Gasteiger partial charge in [0.2, 0.25) is 5.91 Å². The second-order valence-corrected chi connectivity index (χ2v) is 27.5. The number of unbranched alkanes of at least 4 members (excludes halogenated alkanes) is 31. The number of amides is 1. The molecule has 9 nitrogen and oxygen atoms in total. The molecule has 0 spiro atoms. The number of hydrogen-bond acceptors (Lipinski definition) is 6. The van der Waals surface area contributed by atoms with Crippen LogP contribution in [0, 0.1) is 0 Å². The van der Waals surface area contributed by atoms with Crippen molar-refractivity contribution in [3.8, 4) is 0 Å². The summed E-state index contributed by atoms with van der Waals surface area (Å²) in [6.45, 7) is 6.87. The fourth-order valence-electron chi connectivity index (χ4n) is 10.3. The van der Waals surface area contributed by atoms with Crippen LogP contribution in [0.4, 0.5) is 0 Å². The Morgan fingerprint density at radius 3 is 1.08 bits per heavy atom. The first kappa shape index (κ1) is 87.2. The second kappa shape index (κ2) is 69.0. The number of rotatable bonds is 67. The Labute approximate surface area is 562 Å². The SMILES string of the molecule is CC/C=C\C/C=C\C/C=C\C/C=C\C/C=C\C/C=C\CCCCCCCCC(=O)OC(/C=C/CCCCCCCCCCCCC)C(COP(=O)(O)OCC[N+](C)(C)C)NC(=O)CCCCCCCCCCCCC/C=C\C/C=C\C/C=C\C/C=C\CCCCC. The highest BCUT2D eigenvalue weighted by Crippen LogP contribution is 2.43. The Morgan fingerprint density at radius 1 is 0.396 bits per heavy atom. The number of carbonyl (C=O) groups excluding carboxylic acids is 2. The molecule has 0 aliphatic heterocycles. The van der Waals surface area contributed by atoms with Crippen LogP contribution in [0.3, 0.4) is 0 Å². The van der Waals surface area contributed by atoms with Crippen LogP contribution in [0.2, 0.25) is 0 Å². The van der Waals surface area contributed by atoms with Gasteiger partial charge in [0.15, 0.2) is 0 Å². The van der Waals surface area contributed by atoms with Gasteiger partial charge in [-0.1, -0.05) is 309 Å². The normalized spacial score (nSPS) is 14.2. The summed E-state index contributed by atoms with van der Waals surface area (Å²) >= 11 is 0. The minimum absolute atomic E-state index is 0.0306. The van der Waals surface area contributed by atoms with Gasteiger partial charge in [-0.25, -0.2) is 4.57 Å². The first-order valence-electron chi connectivity index (χ1n) is 37.5. The molecule has 522 valence electrons. The summed E-state index contributed by atoms with van der Waals surface area (Å²) in [6, 6.07) is -0.868. The van der Waals surface area contributed by atoms with Crippen LogP contribution in [0.1, 0.15) is 316 Å². The van der Waals surface area contributed by atoms with E-state index in [1.807, 2.05) is 33.3 Å². The zero-order valence-corrected chi connectivity index (χ0v) is 60.7. The third-order valence-corrected chi connectivity index (χ3v) is 17.1. The van der Waals surface area contributed by atoms with Gasteiger partial charge in [-0.3, -0.25) is 18.6 Å². The van der Waals surface area contributed by atoms with Gasteiger partial charge in [0.1, 0.15) is 19.3 Å². The van der Waals surface area contributed by atoms with E-state index in [2.05, 4.69) is 148 Å². The summed E-state index contributed by atoms with van der Waals surface area (Å²) < 4.78 is 30.9. The molecule has 0 heterocycles. The molecule has 10 heteroatoms. The predicted octanol–water partition coefficient (Wildman–Crippen LogP) is 24.3. The van der Waals surface area contributed by atoms with Crippen LogP contribution < -0.4 is 5.32 Å². The molecule has 0 aromatic rings. The Hall–Kier alpha value is -3.85. The van der Waals surface area contributed by atoms with Crippen LogP contribution >= 0.6 is 7.82 Å². The summed E-state index contributed by atoms with van der Waals surface area (Å²) in [5.41, 5.74) is 0. The molecule has 0 aliphatic rings. The van der Waals surface area contributed by atoms with E-state index in [4.69, 9.17) is 13.8 Å². The molecule has 0 aromatic heterocycles. The average Bonchev–Trinajstić information content (AvgIpc) is 3.70. The van der Waals surface area contributed by atoms with Crippen molar-refractivity contribution >= 4 is 19.7 Å². The van der Waals surface area contributed by atoms with E-state index < -0.39 is 20.0 Å². The molecule has 0 radical (unpaired) electrons. The fraction of sp³-hybridized carbons (Fsp3) is 0.704. The molecule has 0 bridgehead atoms. The first-order valence-corrected chi connectivity index (χ1v) is 39.0. The summed E-state index contributed by atoms with van der Waals surface area (Å²) in [6.07, 6.45) is 98.9. The minimum Gasteiger partial charge on any atom is -0.456 e. The van der Waals surface area contributed by atoms with Crippen LogP contribution in [-0.2, 0) is 27.9 Å². The van der Waals surface area contributed by atoms with Crippen molar-refractivity contribution in [3.63, 3.8) is 0 Å². The zero-order valence-electron chi connectivity index (χ0n) is 59.8. The summed E-state index contributed by atoms with van der Waals surface area (Å²) in [4.78, 5) is 38.0. The quantitative estimate of drug-likeness (QED) is 0.0205. The van der Waals surface area contributed by atoms with Crippen molar-refractivity contribution in [3.05, 3.63) is 134 Å². The minimum atomic E-state index is -4.47. The molecular formula is C81H142N2O7P+. The molecule has 1 amide bonds. The third-order valence-electron chi connectivity index (χ3n) is 16.1. The van der Waals surface area contributed by atoms with E-state index in [0.29, 0.717) is 23.9 Å². The summed E-state index contributed by atoms with van der Waals surface area (Å²) in [7, 11) is 1.47. The number of hydrogen-bond donors (Lipinski definition) is 2. The van der Waals surface area contributed by atoms with Gasteiger partial charge in [-0.05, 0) is 128 Å². The van der Waals surface area contributed by atoms with Crippen LogP contribution in [0.15, 0.2) is 134 Å². The number of phosphoric acid groups is 1. The molecule has 0 aliphatic carbocycles. The molecule has 0 saturated carbocycles. The van der Waals surface area contributed by atoms with E-state index in [9.17, 15) is 19.0 Å². The number of ether oxygens (including phenoxy) is 1. The van der Waals surface area contributed by atoms with Gasteiger partial charge >= 0.3 is 13.8 Å². The van der Waals surface area contributed by atoms with Crippen LogP contribution in [0.5, 0.6) is 0 Å². The standard InChI is InChI=1S/C81H141N2O7P/c1-7-10-13-16-19-22-25-28-30-32-34-36-38-40-41-43-44-46-48-50-52-55-58-61-64-67-70-73-80(84)82-78(77-89-91(86,87)88-76-75-83(4,5)6)79(72-69-66-63-60-57-54-27-24-21-18-15-12-9-3)90-81(85)74-71-68-65-62-59-56-53-51-49-47-45-42-39-37-35-33-31-29-26-23-20-17-14-11-8-2/h11,14,19-20,22-23,28-31,34-37,40-42,45,49,51,69,72,78-79H,7-10,12-13,15-18,21,24-27,32-33,38-39,43-44,46-48,50,52-68,70-71,73-77H2,1-6H3,(H-,82,84,86,87)/p+1/b14-11-,22-19-,23-20-,30-28-,31-29-,36-34-,37-35-,41-40-,45-42-,51-49-,72-69+. The van der Waals surface area contributed by atoms with Crippen molar-refractivity contribution in [1.29, 1.82) is 0 Å². The van der Waals surface area contributed by atoms with Gasteiger partial charge < -0.3 is 19.4 Å². The Morgan fingerprint density at radius 2 is 0.703 bits per heavy atom. The number of allylic oxidation sites excluding steroid dienone is 21. The second-order valence-electron chi connectivity index (χ2n) is 26.1. The monoisotopic (exact) mass is 1290 g/mol. The molecule has 0 aromatic carbocycles. The summed E-state index contributed by atoms with van der Waals surface area (Å²) in [5.74, 6) is -0.526. The number of carbonyl (C=O) groups is 2. The first-order chi connectivity index (χ1) is 44.4. The lowest BCUT2D eigenvalue weighted by molar-refractivity contribution is -0.870. The van der Waals surface area contributed by atoms with Gasteiger partial charge in [0, 0.05) is 12.8 Å². The Balaban J connectivity index is 5.11. The van der Waals surface area contributed by atoms with Crippen molar-refractivity contribution in [2.45, 2.75) is 328 Å². The van der Waals surface area contributed by atoms with Gasteiger partial charge in [0.25, 0.3) is 0 Å². The highest BCUT2D eigenvalue weighted by atomic mass is 31.2. The number of esters is 1. The maximum absolute atomic E-state index is 13.7. The molecule has 91 heavy (non-hydrogen) atoms. The van der Waals surface area contributed by atoms with Crippen LogP contribution in [0.25, 0.3) is 0 Å². The fourth-order valence-corrected chi connectivity index (χ4v) is 11.1. The topological polar surface area (TPSA) is 111 Å². The Bertz CT molecular complexity index is 2020. The molecule has 2 N–H and O–H groups in total. The number of likely N-dealkylation sites (N-methyl/N-ethyl adjacent to an activating group) is 1. The number of quaternary nitrogens is 1. The maximum atomic E-state index is 13.7. The van der Waals surface area contributed by atoms with Crippen LogP contribution in [-0.4, -0.2) is 74.3 Å². The smallest absolute Gasteiger partial charge is 0.456 e. The van der Waals surface area contributed by atoms with E-state index in [0.717, 1.165) is 141 Å². The van der Waals surface area contributed by atoms with E-state index in [1.54, 1.807) is 0 Å². The van der Waals surface area contributed by atoms with Crippen molar-refractivity contribution < 1.29 is 37.3 Å². The highest BCUT2D eigenvalue weighted by molar-refractivity contribution is 7.47. The average molecular weight is 1290 g/mol. The van der Waals surface area contributed by atoms with Crippen molar-refractivity contribution in [2.75, 3.05) is 40.9 Å². The molecule has 0 rings (SSSR count).